The van der Waals surface area contributed by atoms with E-state index in [1.165, 1.54) is 31.2 Å². The van der Waals surface area contributed by atoms with Crippen molar-refractivity contribution in [1.29, 1.82) is 0 Å². The Labute approximate surface area is 85.3 Å². The Morgan fingerprint density at radius 2 is 2.23 bits per heavy atom. The zero-order chi connectivity index (χ0) is 9.52. The van der Waals surface area contributed by atoms with Crippen LogP contribution in [0.25, 0.3) is 0 Å². The highest BCUT2D eigenvalue weighted by atomic mass is 35.5. The summed E-state index contributed by atoms with van der Waals surface area (Å²) in [4.78, 5) is 0. The van der Waals surface area contributed by atoms with Crippen molar-refractivity contribution in [2.45, 2.75) is 37.8 Å². The number of hydrogen-bond acceptors (Lipinski definition) is 2. The summed E-state index contributed by atoms with van der Waals surface area (Å²) >= 11 is 5.41. The Bertz CT molecular complexity index is 161. The predicted molar refractivity (Wildman–Crippen MR) is 56.0 cm³/mol. The summed E-state index contributed by atoms with van der Waals surface area (Å²) in [7, 11) is 2.00. The van der Waals surface area contributed by atoms with Crippen molar-refractivity contribution in [3.05, 3.63) is 11.6 Å². The molecule has 0 heterocycles. The molecule has 0 bridgehead atoms. The van der Waals surface area contributed by atoms with Crippen molar-refractivity contribution >= 4 is 11.6 Å². The quantitative estimate of drug-likeness (QED) is 0.757. The Morgan fingerprint density at radius 1 is 1.46 bits per heavy atom. The third-order valence-corrected chi connectivity index (χ3v) is 2.75. The molecule has 76 valence electrons. The fourth-order valence-electron chi connectivity index (χ4n) is 1.84. The van der Waals surface area contributed by atoms with Crippen LogP contribution in [-0.4, -0.2) is 25.8 Å². The van der Waals surface area contributed by atoms with Crippen LogP contribution in [-0.2, 0) is 4.74 Å². The molecule has 0 aromatic carbocycles. The van der Waals surface area contributed by atoms with Crippen LogP contribution in [0.15, 0.2) is 11.6 Å². The van der Waals surface area contributed by atoms with E-state index in [0.717, 1.165) is 0 Å². The van der Waals surface area contributed by atoms with Crippen LogP contribution in [0, 0.1) is 0 Å². The average molecular weight is 204 g/mol. The van der Waals surface area contributed by atoms with Gasteiger partial charge in [-0.15, -0.1) is 0 Å². The van der Waals surface area contributed by atoms with E-state index in [9.17, 15) is 0 Å². The molecule has 0 spiro atoms. The molecule has 1 fully saturated rings. The lowest BCUT2D eigenvalue weighted by Gasteiger charge is -2.30. The van der Waals surface area contributed by atoms with Crippen LogP contribution in [0.1, 0.15) is 25.7 Å². The zero-order valence-corrected chi connectivity index (χ0v) is 8.89. The molecule has 0 saturated heterocycles. The summed E-state index contributed by atoms with van der Waals surface area (Å²) < 4.78 is 5.69. The van der Waals surface area contributed by atoms with Gasteiger partial charge in [-0.1, -0.05) is 24.4 Å². The van der Waals surface area contributed by atoms with Crippen molar-refractivity contribution in [3.63, 3.8) is 0 Å². The zero-order valence-electron chi connectivity index (χ0n) is 8.13. The molecule has 0 aromatic heterocycles. The largest absolute Gasteiger partial charge is 0.373 e. The molecule has 0 radical (unpaired) electrons. The van der Waals surface area contributed by atoms with Gasteiger partial charge in [0.25, 0.3) is 0 Å². The van der Waals surface area contributed by atoms with Crippen LogP contribution in [0.3, 0.4) is 0 Å². The monoisotopic (exact) mass is 203 g/mol. The van der Waals surface area contributed by atoms with Gasteiger partial charge in [0.15, 0.2) is 0 Å². The molecular weight excluding hydrogens is 186 g/mol. The highest BCUT2D eigenvalue weighted by molar-refractivity contribution is 6.25. The standard InChI is InChI=1S/C10H18ClNO/c1-12-9-5-2-3-6-10(9)13-8-4-7-11/h4,7,9-10,12H,2-3,5-6,8H2,1H3/b7-4+. The summed E-state index contributed by atoms with van der Waals surface area (Å²) in [5, 5.41) is 3.30. The SMILES string of the molecule is CNC1CCCCC1OC/C=C/Cl. The second-order valence-corrected chi connectivity index (χ2v) is 3.67. The Balaban J connectivity index is 2.27. The number of ether oxygens (including phenoxy) is 1. The normalized spacial score (nSPS) is 29.7. The topological polar surface area (TPSA) is 21.3 Å². The van der Waals surface area contributed by atoms with Crippen LogP contribution in [0.5, 0.6) is 0 Å². The average Bonchev–Trinajstić information content (AvgIpc) is 2.19. The Hall–Kier alpha value is -0.0500. The van der Waals surface area contributed by atoms with E-state index in [2.05, 4.69) is 5.32 Å². The van der Waals surface area contributed by atoms with E-state index in [4.69, 9.17) is 16.3 Å². The van der Waals surface area contributed by atoms with E-state index in [1.807, 2.05) is 13.1 Å². The highest BCUT2D eigenvalue weighted by Gasteiger charge is 2.23. The van der Waals surface area contributed by atoms with Gasteiger partial charge in [0.1, 0.15) is 0 Å². The van der Waals surface area contributed by atoms with Crippen LogP contribution in [0.4, 0.5) is 0 Å². The van der Waals surface area contributed by atoms with Crippen molar-refractivity contribution in [1.82, 2.24) is 5.32 Å². The summed E-state index contributed by atoms with van der Waals surface area (Å²) in [6.45, 7) is 0.631. The molecule has 1 saturated carbocycles. The fraction of sp³-hybridized carbons (Fsp3) is 0.800. The van der Waals surface area contributed by atoms with Gasteiger partial charge in [-0.05, 0) is 26.0 Å². The van der Waals surface area contributed by atoms with Crippen molar-refractivity contribution in [3.8, 4) is 0 Å². The lowest BCUT2D eigenvalue weighted by Crippen LogP contribution is -2.41. The van der Waals surface area contributed by atoms with Crippen molar-refractivity contribution < 1.29 is 4.74 Å². The number of halogens is 1. The number of likely N-dealkylation sites (N-methyl/N-ethyl adjacent to an activating group) is 1. The summed E-state index contributed by atoms with van der Waals surface area (Å²) in [6.07, 6.45) is 7.20. The second kappa shape index (κ2) is 6.41. The molecule has 3 heteroatoms. The molecule has 0 aromatic rings. The van der Waals surface area contributed by atoms with E-state index in [-0.39, 0.29) is 0 Å². The van der Waals surface area contributed by atoms with E-state index >= 15 is 0 Å². The molecule has 1 rings (SSSR count). The van der Waals surface area contributed by atoms with Gasteiger partial charge in [-0.25, -0.2) is 0 Å². The number of nitrogens with one attached hydrogen (secondary N) is 1. The summed E-state index contributed by atoms with van der Waals surface area (Å²) in [5.74, 6) is 0. The molecule has 0 amide bonds. The first-order valence-electron chi connectivity index (χ1n) is 4.92. The highest BCUT2D eigenvalue weighted by Crippen LogP contribution is 2.20. The fourth-order valence-corrected chi connectivity index (χ4v) is 1.91. The first kappa shape index (κ1) is 11.0. The lowest BCUT2D eigenvalue weighted by atomic mass is 9.92. The van der Waals surface area contributed by atoms with Gasteiger partial charge >= 0.3 is 0 Å². The minimum atomic E-state index is 0.367. The third-order valence-electron chi connectivity index (χ3n) is 2.57. The van der Waals surface area contributed by atoms with E-state index < -0.39 is 0 Å². The molecular formula is C10H18ClNO. The first-order valence-corrected chi connectivity index (χ1v) is 5.36. The smallest absolute Gasteiger partial charge is 0.0732 e. The maximum Gasteiger partial charge on any atom is 0.0732 e. The molecule has 1 aliphatic carbocycles. The lowest BCUT2D eigenvalue weighted by molar-refractivity contribution is 0.0231. The molecule has 1 aliphatic rings. The predicted octanol–water partition coefficient (Wildman–Crippen LogP) is 2.29. The van der Waals surface area contributed by atoms with Gasteiger partial charge in [-0.2, -0.15) is 0 Å². The minimum absolute atomic E-state index is 0.367. The molecule has 13 heavy (non-hydrogen) atoms. The molecule has 1 N–H and O–H groups in total. The van der Waals surface area contributed by atoms with Gasteiger partial charge in [0, 0.05) is 11.6 Å². The van der Waals surface area contributed by atoms with Crippen LogP contribution in [0.2, 0.25) is 0 Å². The van der Waals surface area contributed by atoms with Gasteiger partial charge < -0.3 is 10.1 Å². The minimum Gasteiger partial charge on any atom is -0.373 e. The number of rotatable bonds is 4. The van der Waals surface area contributed by atoms with E-state index in [0.29, 0.717) is 18.8 Å². The van der Waals surface area contributed by atoms with Gasteiger partial charge in [0.2, 0.25) is 0 Å². The maximum absolute atomic E-state index is 5.69. The summed E-state index contributed by atoms with van der Waals surface area (Å²) in [5.41, 5.74) is 1.51. The van der Waals surface area contributed by atoms with Crippen molar-refractivity contribution in [2.75, 3.05) is 13.7 Å². The molecule has 2 unspecified atom stereocenters. The van der Waals surface area contributed by atoms with Crippen LogP contribution < -0.4 is 5.32 Å². The van der Waals surface area contributed by atoms with E-state index in [1.54, 1.807) is 0 Å². The van der Waals surface area contributed by atoms with Gasteiger partial charge in [0.05, 0.1) is 12.7 Å². The van der Waals surface area contributed by atoms with Crippen LogP contribution >= 0.6 is 11.6 Å². The van der Waals surface area contributed by atoms with Crippen molar-refractivity contribution in [2.24, 2.45) is 0 Å². The van der Waals surface area contributed by atoms with Gasteiger partial charge in [-0.3, -0.25) is 0 Å². The Kier molecular flexibility index (Phi) is 5.44. The molecule has 2 atom stereocenters. The molecule has 2 nitrogen and oxygen atoms in total. The first-order chi connectivity index (χ1) is 6.38. The maximum atomic E-state index is 5.69. The Morgan fingerprint density at radius 3 is 2.92 bits per heavy atom. The third kappa shape index (κ3) is 3.67. The number of hydrogen-bond donors (Lipinski definition) is 1. The second-order valence-electron chi connectivity index (χ2n) is 3.41. The summed E-state index contributed by atoms with van der Waals surface area (Å²) in [6, 6.07) is 0.525. The molecule has 0 aliphatic heterocycles.